The summed E-state index contributed by atoms with van der Waals surface area (Å²) in [6.45, 7) is 1.30. The van der Waals surface area contributed by atoms with Crippen molar-refractivity contribution in [3.63, 3.8) is 0 Å². The van der Waals surface area contributed by atoms with Crippen molar-refractivity contribution in [2.24, 2.45) is 5.92 Å². The monoisotopic (exact) mass is 241 g/mol. The molecular weight excluding hydrogens is 214 g/mol. The maximum absolute atomic E-state index is 3.84. The Kier molecular flexibility index (Phi) is 5.51. The fourth-order valence-electron chi connectivity index (χ4n) is 3.27. The molecule has 1 nitrogen and oxygen atoms in total. The van der Waals surface area contributed by atoms with E-state index < -0.39 is 0 Å². The van der Waals surface area contributed by atoms with Crippen LogP contribution in [0, 0.1) is 5.92 Å². The van der Waals surface area contributed by atoms with E-state index in [-0.39, 0.29) is 0 Å². The third-order valence-electron chi connectivity index (χ3n) is 4.38. The van der Waals surface area contributed by atoms with Gasteiger partial charge in [0.05, 0.1) is 0 Å². The predicted octanol–water partition coefficient (Wildman–Crippen LogP) is 3.83. The fraction of sp³-hybridized carbons (Fsp3) is 1.00. The number of hydrogen-bond donors (Lipinski definition) is 1. The molecule has 0 spiro atoms. The standard InChI is InChI=1S/C14H27NS/c1-16-14-9-5-8-13(10-14)15-11-12-6-3-2-4-7-12/h12-15H,2-11H2,1H3. The normalized spacial score (nSPS) is 32.8. The lowest BCUT2D eigenvalue weighted by Crippen LogP contribution is -2.38. The minimum absolute atomic E-state index is 0.827. The SMILES string of the molecule is CSC1CCCC(NCC2CCCCC2)C1. The topological polar surface area (TPSA) is 12.0 Å². The molecule has 2 aliphatic rings. The van der Waals surface area contributed by atoms with Crippen LogP contribution in [0.5, 0.6) is 0 Å². The van der Waals surface area contributed by atoms with E-state index in [0.29, 0.717) is 0 Å². The zero-order valence-corrected chi connectivity index (χ0v) is 11.5. The summed E-state index contributed by atoms with van der Waals surface area (Å²) in [6, 6.07) is 0.827. The summed E-state index contributed by atoms with van der Waals surface area (Å²) in [5.74, 6) is 0.989. The van der Waals surface area contributed by atoms with Gasteiger partial charge in [-0.15, -0.1) is 0 Å². The molecule has 94 valence electrons. The number of thioether (sulfide) groups is 1. The highest BCUT2D eigenvalue weighted by Gasteiger charge is 2.22. The summed E-state index contributed by atoms with van der Waals surface area (Å²) < 4.78 is 0. The maximum Gasteiger partial charge on any atom is 0.00777 e. The summed E-state index contributed by atoms with van der Waals surface area (Å²) in [7, 11) is 0. The molecule has 0 heterocycles. The highest BCUT2D eigenvalue weighted by Crippen LogP contribution is 2.28. The van der Waals surface area contributed by atoms with Gasteiger partial charge in [0.1, 0.15) is 0 Å². The van der Waals surface area contributed by atoms with Crippen molar-refractivity contribution in [1.82, 2.24) is 5.32 Å². The van der Waals surface area contributed by atoms with Crippen LogP contribution in [0.3, 0.4) is 0 Å². The Hall–Kier alpha value is 0.310. The lowest BCUT2D eigenvalue weighted by atomic mass is 9.88. The van der Waals surface area contributed by atoms with Crippen molar-refractivity contribution in [3.05, 3.63) is 0 Å². The number of hydrogen-bond acceptors (Lipinski definition) is 2. The molecule has 2 unspecified atom stereocenters. The zero-order chi connectivity index (χ0) is 11.2. The first-order valence-electron chi connectivity index (χ1n) is 7.14. The minimum Gasteiger partial charge on any atom is -0.314 e. The molecule has 2 saturated carbocycles. The zero-order valence-electron chi connectivity index (χ0n) is 10.7. The molecule has 0 aromatic carbocycles. The van der Waals surface area contributed by atoms with Crippen LogP contribution in [0.1, 0.15) is 57.8 Å². The van der Waals surface area contributed by atoms with Crippen molar-refractivity contribution >= 4 is 11.8 Å². The summed E-state index contributed by atoms with van der Waals surface area (Å²) in [4.78, 5) is 0. The van der Waals surface area contributed by atoms with Gasteiger partial charge < -0.3 is 5.32 Å². The number of rotatable bonds is 4. The molecule has 0 amide bonds. The van der Waals surface area contributed by atoms with Crippen LogP contribution < -0.4 is 5.32 Å². The lowest BCUT2D eigenvalue weighted by molar-refractivity contribution is 0.302. The van der Waals surface area contributed by atoms with Crippen LogP contribution in [0.25, 0.3) is 0 Å². The second kappa shape index (κ2) is 6.90. The van der Waals surface area contributed by atoms with Gasteiger partial charge >= 0.3 is 0 Å². The molecule has 0 radical (unpaired) electrons. The van der Waals surface area contributed by atoms with Crippen molar-refractivity contribution in [2.45, 2.75) is 69.1 Å². The summed E-state index contributed by atoms with van der Waals surface area (Å²) in [5, 5.41) is 4.77. The maximum atomic E-state index is 3.84. The van der Waals surface area contributed by atoms with Crippen LogP contribution >= 0.6 is 11.8 Å². The van der Waals surface area contributed by atoms with E-state index in [9.17, 15) is 0 Å². The Bertz CT molecular complexity index is 189. The van der Waals surface area contributed by atoms with Crippen molar-refractivity contribution in [3.8, 4) is 0 Å². The van der Waals surface area contributed by atoms with Crippen molar-refractivity contribution in [2.75, 3.05) is 12.8 Å². The van der Waals surface area contributed by atoms with Gasteiger partial charge in [-0.3, -0.25) is 0 Å². The Morgan fingerprint density at radius 1 is 1.00 bits per heavy atom. The van der Waals surface area contributed by atoms with Gasteiger partial charge in [0, 0.05) is 11.3 Å². The van der Waals surface area contributed by atoms with E-state index in [1.807, 2.05) is 0 Å². The smallest absolute Gasteiger partial charge is 0.00777 e. The van der Waals surface area contributed by atoms with Crippen LogP contribution in [-0.2, 0) is 0 Å². The Balaban J connectivity index is 1.64. The Labute approximate surface area is 105 Å². The summed E-state index contributed by atoms with van der Waals surface area (Å²) >= 11 is 2.07. The van der Waals surface area contributed by atoms with E-state index >= 15 is 0 Å². The molecule has 2 fully saturated rings. The molecule has 2 heteroatoms. The fourth-order valence-corrected chi connectivity index (χ4v) is 4.10. The van der Waals surface area contributed by atoms with E-state index in [2.05, 4.69) is 23.3 Å². The predicted molar refractivity (Wildman–Crippen MR) is 74.1 cm³/mol. The van der Waals surface area contributed by atoms with Gasteiger partial charge in [-0.1, -0.05) is 25.7 Å². The van der Waals surface area contributed by atoms with Crippen LogP contribution in [0.4, 0.5) is 0 Å². The van der Waals surface area contributed by atoms with Crippen LogP contribution in [0.2, 0.25) is 0 Å². The average Bonchev–Trinajstić information content (AvgIpc) is 2.38. The van der Waals surface area contributed by atoms with Gasteiger partial charge in [0.2, 0.25) is 0 Å². The molecule has 16 heavy (non-hydrogen) atoms. The highest BCUT2D eigenvalue weighted by molar-refractivity contribution is 7.99. The third kappa shape index (κ3) is 3.96. The first kappa shape index (κ1) is 12.8. The highest BCUT2D eigenvalue weighted by atomic mass is 32.2. The molecule has 2 rings (SSSR count). The van der Waals surface area contributed by atoms with Gasteiger partial charge in [-0.2, -0.15) is 11.8 Å². The van der Waals surface area contributed by atoms with Crippen molar-refractivity contribution in [1.29, 1.82) is 0 Å². The second-order valence-corrected chi connectivity index (χ2v) is 6.77. The molecule has 0 aromatic rings. The quantitative estimate of drug-likeness (QED) is 0.803. The molecule has 1 N–H and O–H groups in total. The summed E-state index contributed by atoms with van der Waals surface area (Å²) in [5.41, 5.74) is 0. The van der Waals surface area contributed by atoms with Gasteiger partial charge in [-0.05, 0) is 50.8 Å². The Morgan fingerprint density at radius 2 is 1.81 bits per heavy atom. The van der Waals surface area contributed by atoms with Crippen molar-refractivity contribution < 1.29 is 0 Å². The van der Waals surface area contributed by atoms with E-state index in [0.717, 1.165) is 17.2 Å². The van der Waals surface area contributed by atoms with E-state index in [1.54, 1.807) is 0 Å². The number of nitrogens with one attached hydrogen (secondary N) is 1. The lowest BCUT2D eigenvalue weighted by Gasteiger charge is -2.31. The van der Waals surface area contributed by atoms with Gasteiger partial charge in [0.25, 0.3) is 0 Å². The molecule has 0 saturated heterocycles. The van der Waals surface area contributed by atoms with Gasteiger partial charge in [-0.25, -0.2) is 0 Å². The molecule has 0 aromatic heterocycles. The Morgan fingerprint density at radius 3 is 2.56 bits per heavy atom. The van der Waals surface area contributed by atoms with E-state index in [4.69, 9.17) is 0 Å². The van der Waals surface area contributed by atoms with E-state index in [1.165, 1.54) is 64.3 Å². The first-order valence-corrected chi connectivity index (χ1v) is 8.43. The van der Waals surface area contributed by atoms with Crippen LogP contribution in [-0.4, -0.2) is 24.1 Å². The minimum atomic E-state index is 0.827. The molecule has 2 aliphatic carbocycles. The molecule has 2 atom stereocenters. The van der Waals surface area contributed by atoms with Gasteiger partial charge in [0.15, 0.2) is 0 Å². The first-order chi connectivity index (χ1) is 7.88. The average molecular weight is 241 g/mol. The second-order valence-electron chi connectivity index (χ2n) is 5.63. The summed E-state index contributed by atoms with van der Waals surface area (Å²) in [6.07, 6.45) is 15.4. The molecule has 0 aliphatic heterocycles. The van der Waals surface area contributed by atoms with Crippen LogP contribution in [0.15, 0.2) is 0 Å². The third-order valence-corrected chi connectivity index (χ3v) is 5.47. The molecule has 0 bridgehead atoms. The molecular formula is C14H27NS. The largest absolute Gasteiger partial charge is 0.314 e.